The normalized spacial score (nSPS) is 21.2. The quantitative estimate of drug-likeness (QED) is 0.919. The average Bonchev–Trinajstić information content (AvgIpc) is 2.34. The Morgan fingerprint density at radius 1 is 1.50 bits per heavy atom. The summed E-state index contributed by atoms with van der Waals surface area (Å²) in [5, 5.41) is 3.23. The lowest BCUT2D eigenvalue weighted by molar-refractivity contribution is 0.165. The molecule has 1 aliphatic heterocycles. The third-order valence-corrected chi connectivity index (χ3v) is 4.00. The van der Waals surface area contributed by atoms with Crippen molar-refractivity contribution in [1.82, 2.24) is 10.2 Å². The van der Waals surface area contributed by atoms with E-state index in [9.17, 15) is 4.39 Å². The molecule has 0 bridgehead atoms. The number of likely N-dealkylation sites (tertiary alicyclic amines) is 1. The maximum absolute atomic E-state index is 13.8. The molecule has 0 radical (unpaired) electrons. The molecule has 0 spiro atoms. The van der Waals surface area contributed by atoms with Crippen molar-refractivity contribution in [3.8, 4) is 0 Å². The standard InChI is InChI=1S/C14H20BrFN2/c1-17-8-11-3-2-6-18(9-11)10-12-4-5-13(15)7-14(12)16/h4-5,7,11,17H,2-3,6,8-10H2,1H3. The minimum atomic E-state index is -0.111. The van der Waals surface area contributed by atoms with Gasteiger partial charge in [0.2, 0.25) is 0 Å². The van der Waals surface area contributed by atoms with Crippen molar-refractivity contribution >= 4 is 15.9 Å². The number of piperidine rings is 1. The van der Waals surface area contributed by atoms with Gasteiger partial charge in [0.15, 0.2) is 0 Å². The molecule has 1 N–H and O–H groups in total. The molecule has 2 nitrogen and oxygen atoms in total. The fourth-order valence-electron chi connectivity index (χ4n) is 2.64. The highest BCUT2D eigenvalue weighted by Crippen LogP contribution is 2.21. The first-order valence-corrected chi connectivity index (χ1v) is 7.29. The number of benzene rings is 1. The van der Waals surface area contributed by atoms with Crippen LogP contribution >= 0.6 is 15.9 Å². The van der Waals surface area contributed by atoms with Crippen LogP contribution in [0.5, 0.6) is 0 Å². The van der Waals surface area contributed by atoms with E-state index in [1.807, 2.05) is 19.2 Å². The Hall–Kier alpha value is -0.450. The van der Waals surface area contributed by atoms with Gasteiger partial charge in [0, 0.05) is 23.1 Å². The second-order valence-corrected chi connectivity index (χ2v) is 5.95. The van der Waals surface area contributed by atoms with Crippen molar-refractivity contribution in [2.24, 2.45) is 5.92 Å². The summed E-state index contributed by atoms with van der Waals surface area (Å²) in [5.74, 6) is 0.586. The highest BCUT2D eigenvalue weighted by molar-refractivity contribution is 9.10. The molecule has 1 fully saturated rings. The smallest absolute Gasteiger partial charge is 0.128 e. The Balaban J connectivity index is 1.96. The summed E-state index contributed by atoms with van der Waals surface area (Å²) in [7, 11) is 1.99. The van der Waals surface area contributed by atoms with Crippen LogP contribution in [0.25, 0.3) is 0 Å². The van der Waals surface area contributed by atoms with Crippen LogP contribution in [0.1, 0.15) is 18.4 Å². The van der Waals surface area contributed by atoms with E-state index in [1.54, 1.807) is 6.07 Å². The summed E-state index contributed by atoms with van der Waals surface area (Å²) in [6.07, 6.45) is 2.49. The van der Waals surface area contributed by atoms with Gasteiger partial charge in [-0.2, -0.15) is 0 Å². The first kappa shape index (κ1) is 14.0. The zero-order valence-corrected chi connectivity index (χ0v) is 12.3. The Morgan fingerprint density at radius 3 is 3.06 bits per heavy atom. The van der Waals surface area contributed by atoms with Gasteiger partial charge in [-0.05, 0) is 51.0 Å². The van der Waals surface area contributed by atoms with E-state index in [0.29, 0.717) is 5.92 Å². The van der Waals surface area contributed by atoms with E-state index in [-0.39, 0.29) is 5.82 Å². The monoisotopic (exact) mass is 314 g/mol. The molecule has 2 rings (SSSR count). The van der Waals surface area contributed by atoms with Crippen molar-refractivity contribution < 1.29 is 4.39 Å². The van der Waals surface area contributed by atoms with Crippen molar-refractivity contribution in [3.63, 3.8) is 0 Å². The van der Waals surface area contributed by atoms with Gasteiger partial charge in [-0.25, -0.2) is 4.39 Å². The lowest BCUT2D eigenvalue weighted by Crippen LogP contribution is -2.38. The molecule has 0 aliphatic carbocycles. The summed E-state index contributed by atoms with van der Waals surface area (Å²) < 4.78 is 14.6. The third kappa shape index (κ3) is 3.77. The molecule has 1 aromatic rings. The van der Waals surface area contributed by atoms with Crippen molar-refractivity contribution in [1.29, 1.82) is 0 Å². The number of nitrogens with zero attached hydrogens (tertiary/aromatic N) is 1. The van der Waals surface area contributed by atoms with Crippen LogP contribution in [0.2, 0.25) is 0 Å². The number of halogens is 2. The van der Waals surface area contributed by atoms with E-state index < -0.39 is 0 Å². The van der Waals surface area contributed by atoms with Crippen molar-refractivity contribution in [2.75, 3.05) is 26.7 Å². The van der Waals surface area contributed by atoms with E-state index in [0.717, 1.165) is 36.2 Å². The number of hydrogen-bond acceptors (Lipinski definition) is 2. The predicted molar refractivity (Wildman–Crippen MR) is 76.0 cm³/mol. The SMILES string of the molecule is CNCC1CCCN(Cc2ccc(Br)cc2F)C1. The number of hydrogen-bond donors (Lipinski definition) is 1. The van der Waals surface area contributed by atoms with Gasteiger partial charge in [0.25, 0.3) is 0 Å². The van der Waals surface area contributed by atoms with Gasteiger partial charge in [-0.3, -0.25) is 4.90 Å². The Morgan fingerprint density at radius 2 is 2.33 bits per heavy atom. The number of rotatable bonds is 4. The van der Waals surface area contributed by atoms with Gasteiger partial charge in [0.1, 0.15) is 5.82 Å². The average molecular weight is 315 g/mol. The minimum Gasteiger partial charge on any atom is -0.319 e. The zero-order chi connectivity index (χ0) is 13.0. The van der Waals surface area contributed by atoms with Crippen LogP contribution < -0.4 is 5.32 Å². The van der Waals surface area contributed by atoms with Gasteiger partial charge < -0.3 is 5.32 Å². The molecule has 0 aromatic heterocycles. The Kier molecular flexibility index (Phi) is 5.15. The fourth-order valence-corrected chi connectivity index (χ4v) is 2.97. The first-order valence-electron chi connectivity index (χ1n) is 6.50. The van der Waals surface area contributed by atoms with Crippen LogP contribution in [0, 0.1) is 11.7 Å². The highest BCUT2D eigenvalue weighted by atomic mass is 79.9. The maximum atomic E-state index is 13.8. The van der Waals surface area contributed by atoms with Gasteiger partial charge >= 0.3 is 0 Å². The third-order valence-electron chi connectivity index (χ3n) is 3.50. The van der Waals surface area contributed by atoms with Gasteiger partial charge in [0.05, 0.1) is 0 Å². The fraction of sp³-hybridized carbons (Fsp3) is 0.571. The lowest BCUT2D eigenvalue weighted by atomic mass is 9.97. The highest BCUT2D eigenvalue weighted by Gasteiger charge is 2.20. The summed E-state index contributed by atoms with van der Waals surface area (Å²) in [5.41, 5.74) is 0.795. The molecule has 1 unspecified atom stereocenters. The summed E-state index contributed by atoms with van der Waals surface area (Å²) in [6.45, 7) is 3.92. The first-order chi connectivity index (χ1) is 8.69. The van der Waals surface area contributed by atoms with E-state index in [4.69, 9.17) is 0 Å². The molecular formula is C14H20BrFN2. The van der Waals surface area contributed by atoms with Gasteiger partial charge in [-0.1, -0.05) is 22.0 Å². The van der Waals surface area contributed by atoms with Crippen molar-refractivity contribution in [3.05, 3.63) is 34.1 Å². The molecule has 1 aliphatic rings. The molecule has 4 heteroatoms. The van der Waals surface area contributed by atoms with Crippen LogP contribution in [-0.4, -0.2) is 31.6 Å². The zero-order valence-electron chi connectivity index (χ0n) is 10.8. The molecular weight excluding hydrogens is 295 g/mol. The molecule has 1 atom stereocenters. The molecule has 18 heavy (non-hydrogen) atoms. The van der Waals surface area contributed by atoms with Crippen LogP contribution in [0.3, 0.4) is 0 Å². The second kappa shape index (κ2) is 6.64. The summed E-state index contributed by atoms with van der Waals surface area (Å²) in [6, 6.07) is 5.33. The molecule has 1 saturated heterocycles. The van der Waals surface area contributed by atoms with Gasteiger partial charge in [-0.15, -0.1) is 0 Å². The Bertz CT molecular complexity index is 395. The van der Waals surface area contributed by atoms with Crippen molar-refractivity contribution in [2.45, 2.75) is 19.4 Å². The second-order valence-electron chi connectivity index (χ2n) is 5.04. The summed E-state index contributed by atoms with van der Waals surface area (Å²) >= 11 is 3.29. The minimum absolute atomic E-state index is 0.111. The lowest BCUT2D eigenvalue weighted by Gasteiger charge is -2.32. The molecule has 1 aromatic carbocycles. The van der Waals surface area contributed by atoms with Crippen LogP contribution in [-0.2, 0) is 6.54 Å². The topological polar surface area (TPSA) is 15.3 Å². The summed E-state index contributed by atoms with van der Waals surface area (Å²) in [4.78, 5) is 2.36. The van der Waals surface area contributed by atoms with E-state index in [1.165, 1.54) is 12.8 Å². The van der Waals surface area contributed by atoms with Crippen LogP contribution in [0.4, 0.5) is 4.39 Å². The van der Waals surface area contributed by atoms with Crippen LogP contribution in [0.15, 0.2) is 22.7 Å². The molecule has 100 valence electrons. The molecule has 0 amide bonds. The Labute approximate surface area is 117 Å². The van der Waals surface area contributed by atoms with E-state index in [2.05, 4.69) is 26.1 Å². The predicted octanol–water partition coefficient (Wildman–Crippen LogP) is 3.02. The molecule has 0 saturated carbocycles. The maximum Gasteiger partial charge on any atom is 0.128 e. The molecule has 1 heterocycles. The number of nitrogens with one attached hydrogen (secondary N) is 1. The largest absolute Gasteiger partial charge is 0.319 e. The van der Waals surface area contributed by atoms with E-state index >= 15 is 0 Å².